The van der Waals surface area contributed by atoms with Crippen LogP contribution in [0.5, 0.6) is 0 Å². The summed E-state index contributed by atoms with van der Waals surface area (Å²) < 4.78 is 5.19. The normalized spacial score (nSPS) is 13.4. The van der Waals surface area contributed by atoms with Crippen molar-refractivity contribution in [2.24, 2.45) is 5.92 Å². The summed E-state index contributed by atoms with van der Waals surface area (Å²) in [5.74, 6) is 0.248. The SMILES string of the molecule is Cc1oc(C(=O)O)cc1CN(C)C(C)C(C)C. The number of carboxylic acids is 1. The van der Waals surface area contributed by atoms with Gasteiger partial charge in [-0.3, -0.25) is 4.90 Å². The van der Waals surface area contributed by atoms with Gasteiger partial charge in [0.2, 0.25) is 5.76 Å². The molecule has 1 rings (SSSR count). The fourth-order valence-corrected chi connectivity index (χ4v) is 1.70. The van der Waals surface area contributed by atoms with Crippen LogP contribution in [-0.4, -0.2) is 29.1 Å². The van der Waals surface area contributed by atoms with Crippen molar-refractivity contribution in [2.75, 3.05) is 7.05 Å². The fourth-order valence-electron chi connectivity index (χ4n) is 1.70. The molecule has 0 aliphatic rings. The van der Waals surface area contributed by atoms with Crippen molar-refractivity contribution >= 4 is 5.97 Å². The third-order valence-corrected chi connectivity index (χ3v) is 3.31. The van der Waals surface area contributed by atoms with Gasteiger partial charge in [-0.1, -0.05) is 13.8 Å². The van der Waals surface area contributed by atoms with Crippen LogP contribution in [0.3, 0.4) is 0 Å². The van der Waals surface area contributed by atoms with Gasteiger partial charge in [0.15, 0.2) is 0 Å². The molecule has 1 N–H and O–H groups in total. The number of furan rings is 1. The minimum Gasteiger partial charge on any atom is -0.475 e. The average molecular weight is 239 g/mol. The maximum Gasteiger partial charge on any atom is 0.371 e. The lowest BCUT2D eigenvalue weighted by Crippen LogP contribution is -2.32. The van der Waals surface area contributed by atoms with E-state index < -0.39 is 5.97 Å². The van der Waals surface area contributed by atoms with Gasteiger partial charge in [-0.15, -0.1) is 0 Å². The molecule has 0 aliphatic heterocycles. The highest BCUT2D eigenvalue weighted by Gasteiger charge is 2.18. The lowest BCUT2D eigenvalue weighted by Gasteiger charge is -2.27. The first kappa shape index (κ1) is 13.8. The molecule has 1 unspecified atom stereocenters. The molecule has 0 amide bonds. The summed E-state index contributed by atoms with van der Waals surface area (Å²) in [5.41, 5.74) is 0.942. The van der Waals surface area contributed by atoms with Crippen molar-refractivity contribution in [3.8, 4) is 0 Å². The van der Waals surface area contributed by atoms with Crippen LogP contribution in [0.1, 0.15) is 42.6 Å². The Kier molecular flexibility index (Phi) is 4.34. The minimum absolute atomic E-state index is 0.0168. The van der Waals surface area contributed by atoms with Crippen molar-refractivity contribution in [3.05, 3.63) is 23.2 Å². The molecule has 4 heteroatoms. The van der Waals surface area contributed by atoms with Gasteiger partial charge in [0.25, 0.3) is 0 Å². The van der Waals surface area contributed by atoms with E-state index in [4.69, 9.17) is 9.52 Å². The van der Waals surface area contributed by atoms with Crippen LogP contribution < -0.4 is 0 Å². The minimum atomic E-state index is -1.01. The zero-order chi connectivity index (χ0) is 13.2. The van der Waals surface area contributed by atoms with Crippen molar-refractivity contribution < 1.29 is 14.3 Å². The third-order valence-electron chi connectivity index (χ3n) is 3.31. The van der Waals surface area contributed by atoms with Crippen molar-refractivity contribution in [1.82, 2.24) is 4.90 Å². The molecule has 0 spiro atoms. The maximum absolute atomic E-state index is 10.8. The van der Waals surface area contributed by atoms with Crippen molar-refractivity contribution in [1.29, 1.82) is 0 Å². The maximum atomic E-state index is 10.8. The van der Waals surface area contributed by atoms with E-state index in [1.807, 2.05) is 7.05 Å². The average Bonchev–Trinajstić information content (AvgIpc) is 2.59. The molecule has 0 aliphatic carbocycles. The summed E-state index contributed by atoms with van der Waals surface area (Å²) in [5, 5.41) is 8.85. The van der Waals surface area contributed by atoms with E-state index in [9.17, 15) is 4.79 Å². The molecular formula is C13H21NO3. The second-order valence-corrected chi connectivity index (χ2v) is 4.90. The lowest BCUT2D eigenvalue weighted by molar-refractivity contribution is 0.0661. The van der Waals surface area contributed by atoms with Crippen LogP contribution in [0.2, 0.25) is 0 Å². The van der Waals surface area contributed by atoms with Gasteiger partial charge in [-0.05, 0) is 32.9 Å². The molecule has 1 atom stereocenters. The molecular weight excluding hydrogens is 218 g/mol. The van der Waals surface area contributed by atoms with E-state index in [1.165, 1.54) is 0 Å². The zero-order valence-electron chi connectivity index (χ0n) is 11.2. The first-order valence-electron chi connectivity index (χ1n) is 5.85. The summed E-state index contributed by atoms with van der Waals surface area (Å²) in [6, 6.07) is 2.05. The summed E-state index contributed by atoms with van der Waals surface area (Å²) in [6.45, 7) is 9.02. The topological polar surface area (TPSA) is 53.7 Å². The number of aromatic carboxylic acids is 1. The Labute approximate surface area is 102 Å². The van der Waals surface area contributed by atoms with E-state index in [2.05, 4.69) is 25.7 Å². The molecule has 1 heterocycles. The van der Waals surface area contributed by atoms with Gasteiger partial charge < -0.3 is 9.52 Å². The first-order chi connectivity index (χ1) is 7.82. The third kappa shape index (κ3) is 3.33. The van der Waals surface area contributed by atoms with Crippen molar-refractivity contribution in [3.63, 3.8) is 0 Å². The predicted octanol–water partition coefficient (Wildman–Crippen LogP) is 2.76. The summed E-state index contributed by atoms with van der Waals surface area (Å²) >= 11 is 0. The second kappa shape index (κ2) is 5.36. The van der Waals surface area contributed by atoms with Gasteiger partial charge in [-0.25, -0.2) is 4.79 Å². The smallest absolute Gasteiger partial charge is 0.371 e. The molecule has 96 valence electrons. The van der Waals surface area contributed by atoms with Gasteiger partial charge in [0.05, 0.1) is 0 Å². The van der Waals surface area contributed by atoms with Crippen LogP contribution in [0.15, 0.2) is 10.5 Å². The van der Waals surface area contributed by atoms with E-state index in [1.54, 1.807) is 13.0 Å². The molecule has 1 aromatic heterocycles. The highest BCUT2D eigenvalue weighted by Crippen LogP contribution is 2.18. The van der Waals surface area contributed by atoms with E-state index in [0.29, 0.717) is 24.3 Å². The van der Waals surface area contributed by atoms with Crippen molar-refractivity contribution in [2.45, 2.75) is 40.3 Å². The summed E-state index contributed by atoms with van der Waals surface area (Å²) in [6.07, 6.45) is 0. The summed E-state index contributed by atoms with van der Waals surface area (Å²) in [4.78, 5) is 13.0. The predicted molar refractivity (Wildman–Crippen MR) is 66.2 cm³/mol. The van der Waals surface area contributed by atoms with Gasteiger partial charge in [0, 0.05) is 18.2 Å². The van der Waals surface area contributed by atoms with Gasteiger partial charge in [0.1, 0.15) is 5.76 Å². The Balaban J connectivity index is 2.78. The van der Waals surface area contributed by atoms with Crippen LogP contribution in [0.25, 0.3) is 0 Å². The number of rotatable bonds is 5. The van der Waals surface area contributed by atoms with Gasteiger partial charge in [-0.2, -0.15) is 0 Å². The molecule has 0 bridgehead atoms. The highest BCUT2D eigenvalue weighted by molar-refractivity contribution is 5.84. The molecule has 4 nitrogen and oxygen atoms in total. The van der Waals surface area contributed by atoms with E-state index >= 15 is 0 Å². The first-order valence-corrected chi connectivity index (χ1v) is 5.85. The monoisotopic (exact) mass is 239 g/mol. The van der Waals surface area contributed by atoms with E-state index in [-0.39, 0.29) is 5.76 Å². The largest absolute Gasteiger partial charge is 0.475 e. The standard InChI is InChI=1S/C13H21NO3/c1-8(2)9(3)14(5)7-11-6-12(13(15)16)17-10(11)4/h6,8-9H,7H2,1-5H3,(H,15,16). The Morgan fingerprint density at radius 3 is 2.47 bits per heavy atom. The number of nitrogens with zero attached hydrogens (tertiary/aromatic N) is 1. The number of carbonyl (C=O) groups is 1. The van der Waals surface area contributed by atoms with Crippen LogP contribution >= 0.6 is 0 Å². The Morgan fingerprint density at radius 1 is 1.47 bits per heavy atom. The quantitative estimate of drug-likeness (QED) is 0.858. The molecule has 0 aromatic carbocycles. The Bertz CT molecular complexity index is 395. The Hall–Kier alpha value is -1.29. The lowest BCUT2D eigenvalue weighted by atomic mass is 10.0. The highest BCUT2D eigenvalue weighted by atomic mass is 16.4. The van der Waals surface area contributed by atoms with Crippen LogP contribution in [0, 0.1) is 12.8 Å². The van der Waals surface area contributed by atoms with Crippen LogP contribution in [0.4, 0.5) is 0 Å². The van der Waals surface area contributed by atoms with Crippen LogP contribution in [-0.2, 0) is 6.54 Å². The number of hydrogen-bond acceptors (Lipinski definition) is 3. The second-order valence-electron chi connectivity index (χ2n) is 4.90. The molecule has 1 aromatic rings. The molecule has 0 radical (unpaired) electrons. The molecule has 0 fully saturated rings. The molecule has 0 saturated carbocycles. The van der Waals surface area contributed by atoms with E-state index in [0.717, 1.165) is 5.56 Å². The molecule has 0 saturated heterocycles. The number of hydrogen-bond donors (Lipinski definition) is 1. The zero-order valence-corrected chi connectivity index (χ0v) is 11.2. The number of aryl methyl sites for hydroxylation is 1. The number of carboxylic acid groups (broad SMARTS) is 1. The van der Waals surface area contributed by atoms with Gasteiger partial charge >= 0.3 is 5.97 Å². The summed E-state index contributed by atoms with van der Waals surface area (Å²) in [7, 11) is 2.04. The Morgan fingerprint density at radius 2 is 2.06 bits per heavy atom. The fraction of sp³-hybridized carbons (Fsp3) is 0.615. The molecule has 17 heavy (non-hydrogen) atoms.